The molecule has 204 valence electrons. The summed E-state index contributed by atoms with van der Waals surface area (Å²) < 4.78 is 50.7. The van der Waals surface area contributed by atoms with Gasteiger partial charge in [-0.25, -0.2) is 4.39 Å². The van der Waals surface area contributed by atoms with Crippen LogP contribution in [-0.2, 0) is 27.8 Å². The molecule has 0 spiro atoms. The standard InChI is InChI=1S/C26H28FN3O3.CH4O3S/c27-20-3-4-22-23(16-20)33-28-25(22)17-6-10-29(11-7-17)9-1-13-32-21-14-18-2-5-24(31)30-12-8-19(15-21)26(18)30;1-5(2,3)4/h3-4,14-17H,1-2,5-13H2;1H3,(H,2,3,4). The van der Waals surface area contributed by atoms with Gasteiger partial charge in [-0.2, -0.15) is 8.42 Å². The van der Waals surface area contributed by atoms with Gasteiger partial charge in [-0.1, -0.05) is 5.16 Å². The van der Waals surface area contributed by atoms with E-state index in [2.05, 4.69) is 22.2 Å². The second-order valence-corrected chi connectivity index (χ2v) is 11.6. The van der Waals surface area contributed by atoms with E-state index in [1.54, 1.807) is 6.07 Å². The summed E-state index contributed by atoms with van der Waals surface area (Å²) in [5.41, 5.74) is 5.15. The summed E-state index contributed by atoms with van der Waals surface area (Å²) >= 11 is 0. The second kappa shape index (κ2) is 11.0. The van der Waals surface area contributed by atoms with Crippen molar-refractivity contribution in [1.29, 1.82) is 0 Å². The SMILES string of the molecule is CS(=O)(=O)O.O=C1CCc2cc(OCCCN3CCC(c4noc5cc(F)ccc45)CC3)cc3c2N1CC3. The molecule has 11 heteroatoms. The van der Waals surface area contributed by atoms with E-state index in [1.807, 2.05) is 4.90 Å². The fraction of sp³-hybridized carbons (Fsp3) is 0.481. The number of hydrogen-bond acceptors (Lipinski definition) is 7. The Morgan fingerprint density at radius 2 is 1.82 bits per heavy atom. The van der Waals surface area contributed by atoms with Crippen molar-refractivity contribution in [2.24, 2.45) is 0 Å². The second-order valence-electron chi connectivity index (χ2n) is 10.1. The fourth-order valence-corrected chi connectivity index (χ4v) is 5.64. The third kappa shape index (κ3) is 6.16. The zero-order valence-electron chi connectivity index (χ0n) is 21.4. The van der Waals surface area contributed by atoms with Crippen LogP contribution in [-0.4, -0.2) is 68.0 Å². The maximum atomic E-state index is 13.4. The van der Waals surface area contributed by atoms with Gasteiger partial charge >= 0.3 is 0 Å². The first-order valence-corrected chi connectivity index (χ1v) is 14.8. The first-order chi connectivity index (χ1) is 18.2. The van der Waals surface area contributed by atoms with Crippen molar-refractivity contribution < 1.29 is 31.4 Å². The minimum Gasteiger partial charge on any atom is -0.494 e. The number of benzene rings is 2. The van der Waals surface area contributed by atoms with E-state index in [1.165, 1.54) is 23.3 Å². The molecule has 3 aromatic rings. The molecule has 3 aliphatic rings. The number of amides is 1. The van der Waals surface area contributed by atoms with E-state index < -0.39 is 10.1 Å². The summed E-state index contributed by atoms with van der Waals surface area (Å²) in [5.74, 6) is 1.26. The highest BCUT2D eigenvalue weighted by Gasteiger charge is 2.31. The molecule has 6 rings (SSSR count). The Bertz CT molecular complexity index is 1420. The number of fused-ring (bicyclic) bond motifs is 1. The molecule has 1 saturated heterocycles. The van der Waals surface area contributed by atoms with Gasteiger partial charge in [-0.05, 0) is 80.6 Å². The Labute approximate surface area is 221 Å². The van der Waals surface area contributed by atoms with Crippen LogP contribution in [0.25, 0.3) is 11.0 Å². The summed E-state index contributed by atoms with van der Waals surface area (Å²) in [7, 11) is -3.67. The van der Waals surface area contributed by atoms with Gasteiger partial charge in [0.05, 0.1) is 24.2 Å². The van der Waals surface area contributed by atoms with E-state index in [9.17, 15) is 17.6 Å². The van der Waals surface area contributed by atoms with Crippen molar-refractivity contribution >= 4 is 32.7 Å². The molecule has 1 amide bonds. The first kappa shape index (κ1) is 26.6. The molecule has 0 unspecified atom stereocenters. The highest BCUT2D eigenvalue weighted by atomic mass is 32.2. The van der Waals surface area contributed by atoms with Gasteiger partial charge in [-0.3, -0.25) is 9.35 Å². The quantitative estimate of drug-likeness (QED) is 0.366. The van der Waals surface area contributed by atoms with Gasteiger partial charge in [0.15, 0.2) is 5.58 Å². The van der Waals surface area contributed by atoms with Crippen molar-refractivity contribution in [3.8, 4) is 5.75 Å². The fourth-order valence-electron chi connectivity index (χ4n) is 5.64. The number of hydrogen-bond donors (Lipinski definition) is 1. The Balaban J connectivity index is 0.000000540. The van der Waals surface area contributed by atoms with E-state index in [-0.39, 0.29) is 11.7 Å². The van der Waals surface area contributed by atoms with E-state index in [0.717, 1.165) is 80.8 Å². The van der Waals surface area contributed by atoms with Gasteiger partial charge < -0.3 is 19.1 Å². The van der Waals surface area contributed by atoms with E-state index in [0.29, 0.717) is 30.8 Å². The molecule has 1 aromatic heterocycles. The molecule has 0 saturated carbocycles. The number of halogens is 1. The minimum atomic E-state index is -3.67. The number of aryl methyl sites for hydroxylation is 1. The lowest BCUT2D eigenvalue weighted by atomic mass is 9.91. The number of aromatic nitrogens is 1. The minimum absolute atomic E-state index is 0.254. The number of ether oxygens (including phenoxy) is 1. The number of carbonyl (C=O) groups is 1. The van der Waals surface area contributed by atoms with E-state index >= 15 is 0 Å². The van der Waals surface area contributed by atoms with Crippen molar-refractivity contribution in [3.63, 3.8) is 0 Å². The van der Waals surface area contributed by atoms with Crippen LogP contribution in [0.15, 0.2) is 34.9 Å². The van der Waals surface area contributed by atoms with Gasteiger partial charge in [0.25, 0.3) is 10.1 Å². The van der Waals surface area contributed by atoms with Crippen LogP contribution in [0.2, 0.25) is 0 Å². The number of carbonyl (C=O) groups excluding carboxylic acids is 1. The zero-order chi connectivity index (χ0) is 26.9. The molecular weight excluding hydrogens is 513 g/mol. The number of rotatable bonds is 6. The molecule has 1 N–H and O–H groups in total. The Hall–Kier alpha value is -3.02. The van der Waals surface area contributed by atoms with Gasteiger partial charge in [-0.15, -0.1) is 0 Å². The van der Waals surface area contributed by atoms with Gasteiger partial charge in [0, 0.05) is 36.9 Å². The smallest absolute Gasteiger partial charge is 0.261 e. The monoisotopic (exact) mass is 545 g/mol. The molecule has 0 aliphatic carbocycles. The van der Waals surface area contributed by atoms with Crippen molar-refractivity contribution in [1.82, 2.24) is 10.1 Å². The maximum Gasteiger partial charge on any atom is 0.261 e. The molecule has 9 nitrogen and oxygen atoms in total. The summed E-state index contributed by atoms with van der Waals surface area (Å²) in [6, 6.07) is 8.92. The summed E-state index contributed by atoms with van der Waals surface area (Å²) in [6.45, 7) is 4.56. The summed E-state index contributed by atoms with van der Waals surface area (Å²) in [6.07, 6.45) is 6.11. The molecule has 1 fully saturated rings. The van der Waals surface area contributed by atoms with Gasteiger partial charge in [0.2, 0.25) is 5.91 Å². The predicted octanol–water partition coefficient (Wildman–Crippen LogP) is 3.95. The number of likely N-dealkylation sites (tertiary alicyclic amines) is 1. The van der Waals surface area contributed by atoms with Crippen LogP contribution in [0.1, 0.15) is 48.4 Å². The summed E-state index contributed by atoms with van der Waals surface area (Å²) in [4.78, 5) is 16.5. The predicted molar refractivity (Wildman–Crippen MR) is 141 cm³/mol. The lowest BCUT2D eigenvalue weighted by Gasteiger charge is -2.31. The molecule has 4 heterocycles. The number of nitrogens with zero attached hydrogens (tertiary/aromatic N) is 3. The van der Waals surface area contributed by atoms with Crippen LogP contribution in [0.5, 0.6) is 5.75 Å². The maximum absolute atomic E-state index is 13.4. The molecule has 2 aromatic carbocycles. The molecule has 3 aliphatic heterocycles. The van der Waals surface area contributed by atoms with Crippen LogP contribution in [0, 0.1) is 5.82 Å². The van der Waals surface area contributed by atoms with Crippen molar-refractivity contribution in [2.45, 2.75) is 44.4 Å². The van der Waals surface area contributed by atoms with Crippen molar-refractivity contribution in [3.05, 3.63) is 53.0 Å². The number of piperidine rings is 1. The van der Waals surface area contributed by atoms with Gasteiger partial charge in [0.1, 0.15) is 11.6 Å². The average molecular weight is 546 g/mol. The molecule has 0 radical (unpaired) electrons. The van der Waals surface area contributed by atoms with Crippen LogP contribution < -0.4 is 9.64 Å². The molecule has 0 bridgehead atoms. The highest BCUT2D eigenvalue weighted by molar-refractivity contribution is 7.85. The largest absolute Gasteiger partial charge is 0.494 e. The topological polar surface area (TPSA) is 113 Å². The zero-order valence-corrected chi connectivity index (χ0v) is 22.2. The summed E-state index contributed by atoms with van der Waals surface area (Å²) in [5, 5.41) is 5.18. The van der Waals surface area contributed by atoms with E-state index in [4.69, 9.17) is 13.8 Å². The molecule has 0 atom stereocenters. The van der Waals surface area contributed by atoms with Crippen LogP contribution >= 0.6 is 0 Å². The lowest BCUT2D eigenvalue weighted by molar-refractivity contribution is -0.118. The third-order valence-corrected chi connectivity index (χ3v) is 7.35. The Morgan fingerprint density at radius 3 is 2.55 bits per heavy atom. The normalized spacial score (nSPS) is 17.9. The van der Waals surface area contributed by atoms with Crippen molar-refractivity contribution in [2.75, 3.05) is 43.9 Å². The van der Waals surface area contributed by atoms with Crippen LogP contribution in [0.4, 0.5) is 10.1 Å². The Kier molecular flexibility index (Phi) is 7.69. The number of anilines is 1. The first-order valence-electron chi connectivity index (χ1n) is 12.9. The highest BCUT2D eigenvalue weighted by Crippen LogP contribution is 2.39. The van der Waals surface area contributed by atoms with Crippen LogP contribution in [0.3, 0.4) is 0 Å². The third-order valence-electron chi connectivity index (χ3n) is 7.35. The lowest BCUT2D eigenvalue weighted by Crippen LogP contribution is -2.34. The average Bonchev–Trinajstić information content (AvgIpc) is 3.49. The Morgan fingerprint density at radius 1 is 1.11 bits per heavy atom. The molecular formula is C27H32FN3O6S. The molecule has 38 heavy (non-hydrogen) atoms.